The van der Waals surface area contributed by atoms with Crippen molar-refractivity contribution in [3.63, 3.8) is 0 Å². The number of amidine groups is 1. The summed E-state index contributed by atoms with van der Waals surface area (Å²) < 4.78 is 5.56. The Balaban J connectivity index is 1.95. The molecule has 2 rings (SSSR count). The van der Waals surface area contributed by atoms with Crippen LogP contribution in [0.2, 0.25) is 10.6 Å². The van der Waals surface area contributed by atoms with Gasteiger partial charge >= 0.3 is 0 Å². The molecule has 0 saturated carbocycles. The van der Waals surface area contributed by atoms with Crippen molar-refractivity contribution in [1.29, 1.82) is 5.41 Å². The van der Waals surface area contributed by atoms with E-state index in [0.717, 1.165) is 0 Å². The zero-order valence-electron chi connectivity index (χ0n) is 12.2. The summed E-state index contributed by atoms with van der Waals surface area (Å²) in [5, 5.41) is 8.14. The second kappa shape index (κ2) is 6.19. The number of hydrogen-bond acceptors (Lipinski definition) is 6. The van der Waals surface area contributed by atoms with Crippen LogP contribution >= 0.6 is 23.2 Å². The molecule has 0 radical (unpaired) electrons. The average Bonchev–Trinajstić information content (AvgIpc) is 2.35. The smallest absolute Gasteiger partial charge is 0.285 e. The molecular formula is C12H18Cl2N6O. The van der Waals surface area contributed by atoms with Crippen molar-refractivity contribution < 1.29 is 4.74 Å². The molecule has 1 fully saturated rings. The molecule has 1 aliphatic rings. The minimum atomic E-state index is -0.372. The Bertz CT molecular complexity index is 505. The molecule has 7 nitrogen and oxygen atoms in total. The fourth-order valence-electron chi connectivity index (χ4n) is 1.92. The molecule has 1 aromatic heterocycles. The zero-order valence-corrected chi connectivity index (χ0v) is 13.7. The third kappa shape index (κ3) is 4.57. The average molecular weight is 333 g/mol. The lowest BCUT2D eigenvalue weighted by molar-refractivity contribution is 0.0835. The van der Waals surface area contributed by atoms with Crippen LogP contribution in [0.3, 0.4) is 0 Å². The number of ether oxygens (including phenoxy) is 1. The lowest BCUT2D eigenvalue weighted by atomic mass is 10.2. The predicted octanol–water partition coefficient (Wildman–Crippen LogP) is 2.05. The molecule has 21 heavy (non-hydrogen) atoms. The fraction of sp³-hybridized carbons (Fsp3) is 0.667. The first-order chi connectivity index (χ1) is 9.74. The molecular weight excluding hydrogens is 315 g/mol. The molecule has 0 atom stereocenters. The minimum Gasteiger partial charge on any atom is -0.460 e. The number of piperazine rings is 1. The monoisotopic (exact) mass is 332 g/mol. The molecule has 1 aromatic rings. The van der Waals surface area contributed by atoms with E-state index in [4.69, 9.17) is 33.3 Å². The normalized spacial score (nSPS) is 16.0. The van der Waals surface area contributed by atoms with E-state index >= 15 is 0 Å². The second-order valence-electron chi connectivity index (χ2n) is 5.67. The van der Waals surface area contributed by atoms with E-state index in [2.05, 4.69) is 15.0 Å². The van der Waals surface area contributed by atoms with Crippen LogP contribution in [0.1, 0.15) is 20.8 Å². The van der Waals surface area contributed by atoms with E-state index in [1.54, 1.807) is 0 Å². The highest BCUT2D eigenvalue weighted by atomic mass is 35.5. The standard InChI is InChI=1S/C12H18Cl2N6O/c1-12(2,3)21-10(15)19-4-6-20(7-5-19)11-17-8(13)16-9(14)18-11/h15H,4-7H2,1-3H3. The molecule has 0 bridgehead atoms. The Labute approximate surface area is 133 Å². The fourth-order valence-corrected chi connectivity index (χ4v) is 2.28. The van der Waals surface area contributed by atoms with E-state index in [1.807, 2.05) is 30.6 Å². The molecule has 1 saturated heterocycles. The van der Waals surface area contributed by atoms with Gasteiger partial charge in [0.2, 0.25) is 16.5 Å². The summed E-state index contributed by atoms with van der Waals surface area (Å²) >= 11 is 11.6. The SMILES string of the molecule is CC(C)(C)OC(=N)N1CCN(c2nc(Cl)nc(Cl)n2)CC1. The molecule has 0 amide bonds. The molecule has 9 heteroatoms. The number of anilines is 1. The first-order valence-corrected chi connectivity index (χ1v) is 7.35. The summed E-state index contributed by atoms with van der Waals surface area (Å²) in [6.07, 6.45) is 0. The van der Waals surface area contributed by atoms with Crippen molar-refractivity contribution in [2.75, 3.05) is 31.1 Å². The van der Waals surface area contributed by atoms with Crippen LogP contribution in [-0.4, -0.2) is 57.7 Å². The highest BCUT2D eigenvalue weighted by molar-refractivity contribution is 6.31. The summed E-state index contributed by atoms with van der Waals surface area (Å²) in [6, 6.07) is 0.189. The van der Waals surface area contributed by atoms with Gasteiger partial charge in [-0.05, 0) is 44.0 Å². The highest BCUT2D eigenvalue weighted by Crippen LogP contribution is 2.17. The lowest BCUT2D eigenvalue weighted by Crippen LogP contribution is -2.50. The Morgan fingerprint density at radius 1 is 1.05 bits per heavy atom. The van der Waals surface area contributed by atoms with Gasteiger partial charge in [0, 0.05) is 26.2 Å². The molecule has 2 heterocycles. The van der Waals surface area contributed by atoms with Gasteiger partial charge in [0.05, 0.1) is 0 Å². The number of aromatic nitrogens is 3. The molecule has 0 spiro atoms. The van der Waals surface area contributed by atoms with Crippen molar-refractivity contribution in [2.24, 2.45) is 0 Å². The molecule has 1 N–H and O–H groups in total. The molecule has 116 valence electrons. The van der Waals surface area contributed by atoms with Gasteiger partial charge in [-0.2, -0.15) is 15.0 Å². The maximum absolute atomic E-state index is 7.98. The van der Waals surface area contributed by atoms with Gasteiger partial charge in [-0.25, -0.2) is 0 Å². The molecule has 0 aromatic carbocycles. The van der Waals surface area contributed by atoms with Crippen LogP contribution in [0.5, 0.6) is 0 Å². The highest BCUT2D eigenvalue weighted by Gasteiger charge is 2.24. The van der Waals surface area contributed by atoms with Crippen LogP contribution in [0.25, 0.3) is 0 Å². The molecule has 0 aliphatic carbocycles. The topological polar surface area (TPSA) is 78.2 Å². The zero-order chi connectivity index (χ0) is 15.6. The van der Waals surface area contributed by atoms with Crippen molar-refractivity contribution in [3.05, 3.63) is 10.6 Å². The summed E-state index contributed by atoms with van der Waals surface area (Å²) in [7, 11) is 0. The lowest BCUT2D eigenvalue weighted by Gasteiger charge is -2.37. The Morgan fingerprint density at radius 3 is 2.05 bits per heavy atom. The Morgan fingerprint density at radius 2 is 1.57 bits per heavy atom. The van der Waals surface area contributed by atoms with Gasteiger partial charge in [0.1, 0.15) is 5.60 Å². The second-order valence-corrected chi connectivity index (χ2v) is 6.34. The Hall–Kier alpha value is -1.34. The first kappa shape index (κ1) is 16.0. The van der Waals surface area contributed by atoms with Gasteiger partial charge in [-0.15, -0.1) is 0 Å². The van der Waals surface area contributed by atoms with Gasteiger partial charge in [0.15, 0.2) is 0 Å². The maximum Gasteiger partial charge on any atom is 0.285 e. The third-order valence-corrected chi connectivity index (χ3v) is 3.16. The van der Waals surface area contributed by atoms with E-state index in [0.29, 0.717) is 32.1 Å². The van der Waals surface area contributed by atoms with Crippen molar-refractivity contribution >= 4 is 35.2 Å². The van der Waals surface area contributed by atoms with Crippen LogP contribution in [0.15, 0.2) is 0 Å². The van der Waals surface area contributed by atoms with E-state index in [9.17, 15) is 0 Å². The van der Waals surface area contributed by atoms with Crippen molar-refractivity contribution in [2.45, 2.75) is 26.4 Å². The summed E-state index contributed by atoms with van der Waals surface area (Å²) in [6.45, 7) is 8.39. The van der Waals surface area contributed by atoms with Crippen molar-refractivity contribution in [3.8, 4) is 0 Å². The van der Waals surface area contributed by atoms with E-state index < -0.39 is 0 Å². The maximum atomic E-state index is 7.98. The third-order valence-electron chi connectivity index (χ3n) is 2.82. The van der Waals surface area contributed by atoms with Crippen molar-refractivity contribution in [1.82, 2.24) is 19.9 Å². The van der Waals surface area contributed by atoms with Gasteiger partial charge < -0.3 is 14.5 Å². The summed E-state index contributed by atoms with van der Waals surface area (Å²) in [5.41, 5.74) is -0.372. The van der Waals surface area contributed by atoms with E-state index in [-0.39, 0.29) is 22.2 Å². The molecule has 1 aliphatic heterocycles. The number of nitrogens with one attached hydrogen (secondary N) is 1. The first-order valence-electron chi connectivity index (χ1n) is 6.59. The van der Waals surface area contributed by atoms with Crippen LogP contribution in [-0.2, 0) is 4.74 Å². The van der Waals surface area contributed by atoms with Crippen LogP contribution in [0.4, 0.5) is 5.95 Å². The summed E-state index contributed by atoms with van der Waals surface area (Å²) in [5.74, 6) is 0.461. The van der Waals surface area contributed by atoms with Crippen LogP contribution < -0.4 is 4.90 Å². The van der Waals surface area contributed by atoms with Gasteiger partial charge in [0.25, 0.3) is 6.02 Å². The number of halogens is 2. The summed E-state index contributed by atoms with van der Waals surface area (Å²) in [4.78, 5) is 15.7. The number of rotatable bonds is 1. The largest absolute Gasteiger partial charge is 0.460 e. The Kier molecular flexibility index (Phi) is 4.73. The minimum absolute atomic E-state index is 0.0799. The quantitative estimate of drug-likeness (QED) is 0.626. The van der Waals surface area contributed by atoms with Gasteiger partial charge in [-0.3, -0.25) is 5.41 Å². The predicted molar refractivity (Wildman–Crippen MR) is 82.2 cm³/mol. The number of nitrogens with zero attached hydrogens (tertiary/aromatic N) is 5. The molecule has 0 unspecified atom stereocenters. The van der Waals surface area contributed by atoms with Gasteiger partial charge in [-0.1, -0.05) is 0 Å². The van der Waals surface area contributed by atoms with Crippen LogP contribution in [0, 0.1) is 5.41 Å². The van der Waals surface area contributed by atoms with E-state index in [1.165, 1.54) is 0 Å². The number of hydrogen-bond donors (Lipinski definition) is 1.